The summed E-state index contributed by atoms with van der Waals surface area (Å²) in [6.45, 7) is 8.23. The fourth-order valence-corrected chi connectivity index (χ4v) is 5.15. The van der Waals surface area contributed by atoms with E-state index in [1.165, 1.54) is 23.9 Å². The second kappa shape index (κ2) is 17.5. The number of hydrogen-bond donors (Lipinski definition) is 1. The first-order valence-corrected chi connectivity index (χ1v) is 15.3. The summed E-state index contributed by atoms with van der Waals surface area (Å²) in [5, 5.41) is 14.3. The fraction of sp³-hybridized carbons (Fsp3) is 0.394. The molecule has 1 N–H and O–H groups in total. The van der Waals surface area contributed by atoms with E-state index in [2.05, 4.69) is 24.1 Å². The average Bonchev–Trinajstić information content (AvgIpc) is 2.93. The van der Waals surface area contributed by atoms with Crippen LogP contribution in [0.25, 0.3) is 11.1 Å². The zero-order chi connectivity index (χ0) is 29.9. The molecule has 0 fully saturated rings. The minimum Gasteiger partial charge on any atom is -0.548 e. The van der Waals surface area contributed by atoms with Crippen molar-refractivity contribution in [3.8, 4) is 11.1 Å². The molecule has 0 saturated carbocycles. The molecular formula is C33H39F2LiN2O3S. The van der Waals surface area contributed by atoms with Crippen molar-refractivity contribution in [3.63, 3.8) is 0 Å². The van der Waals surface area contributed by atoms with Gasteiger partial charge in [-0.25, -0.2) is 8.78 Å². The number of nitrogens with one attached hydrogen (secondary N) is 1. The van der Waals surface area contributed by atoms with E-state index >= 15 is 0 Å². The number of carbonyl (C=O) groups is 2. The molecule has 0 aromatic heterocycles. The second-order valence-corrected chi connectivity index (χ2v) is 11.8. The fourth-order valence-electron chi connectivity index (χ4n) is 4.68. The molecule has 3 aromatic rings. The van der Waals surface area contributed by atoms with Crippen LogP contribution in [0, 0.1) is 24.5 Å². The average molecular weight is 589 g/mol. The van der Waals surface area contributed by atoms with Gasteiger partial charge in [0.05, 0.1) is 12.0 Å². The van der Waals surface area contributed by atoms with Crippen molar-refractivity contribution in [2.24, 2.45) is 5.92 Å². The van der Waals surface area contributed by atoms with E-state index in [4.69, 9.17) is 0 Å². The topological polar surface area (TPSA) is 72.5 Å². The smallest absolute Gasteiger partial charge is 0.548 e. The van der Waals surface area contributed by atoms with Gasteiger partial charge in [-0.3, -0.25) is 9.69 Å². The molecule has 0 bridgehead atoms. The molecule has 9 heteroatoms. The number of hydrogen-bond acceptors (Lipinski definition) is 5. The van der Waals surface area contributed by atoms with Crippen molar-refractivity contribution < 1.29 is 42.3 Å². The third-order valence-corrected chi connectivity index (χ3v) is 7.75. The molecule has 1 atom stereocenters. The Morgan fingerprint density at radius 3 is 2.36 bits per heavy atom. The quantitative estimate of drug-likeness (QED) is 0.277. The normalized spacial score (nSPS) is 11.8. The maximum atomic E-state index is 14.3. The van der Waals surface area contributed by atoms with Gasteiger partial charge in [-0.15, -0.1) is 0 Å². The first-order chi connectivity index (χ1) is 19.6. The Labute approximate surface area is 264 Å². The molecule has 1 unspecified atom stereocenters. The van der Waals surface area contributed by atoms with Gasteiger partial charge in [-0.2, -0.15) is 11.8 Å². The summed E-state index contributed by atoms with van der Waals surface area (Å²) in [4.78, 5) is 27.3. The molecule has 0 aliphatic carbocycles. The molecule has 42 heavy (non-hydrogen) atoms. The van der Waals surface area contributed by atoms with Crippen LogP contribution in [0.2, 0.25) is 0 Å². The maximum absolute atomic E-state index is 14.3. The Morgan fingerprint density at radius 2 is 1.71 bits per heavy atom. The molecule has 3 rings (SSSR count). The molecular weight excluding hydrogens is 549 g/mol. The van der Waals surface area contributed by atoms with Gasteiger partial charge in [0, 0.05) is 24.7 Å². The van der Waals surface area contributed by atoms with Crippen LogP contribution >= 0.6 is 11.8 Å². The van der Waals surface area contributed by atoms with Gasteiger partial charge in [0.2, 0.25) is 0 Å². The number of halogens is 2. The molecule has 3 aromatic carbocycles. The summed E-state index contributed by atoms with van der Waals surface area (Å²) >= 11 is 1.50. The molecule has 5 nitrogen and oxygen atoms in total. The summed E-state index contributed by atoms with van der Waals surface area (Å²) < 4.78 is 27.7. The zero-order valence-electron chi connectivity index (χ0n) is 25.2. The minimum absolute atomic E-state index is 0. The van der Waals surface area contributed by atoms with Crippen molar-refractivity contribution in [3.05, 3.63) is 94.6 Å². The number of aryl methyl sites for hydroxylation is 1. The molecule has 0 aliphatic rings. The van der Waals surface area contributed by atoms with E-state index in [1.54, 1.807) is 6.07 Å². The molecule has 220 valence electrons. The van der Waals surface area contributed by atoms with Crippen molar-refractivity contribution in [1.82, 2.24) is 10.2 Å². The number of thioether (sulfide) groups is 1. The number of aliphatic carboxylic acids is 1. The van der Waals surface area contributed by atoms with E-state index in [0.29, 0.717) is 47.9 Å². The van der Waals surface area contributed by atoms with Crippen LogP contribution in [-0.4, -0.2) is 47.9 Å². The van der Waals surface area contributed by atoms with Crippen LogP contribution in [0.5, 0.6) is 0 Å². The van der Waals surface area contributed by atoms with E-state index in [9.17, 15) is 23.5 Å². The predicted molar refractivity (Wildman–Crippen MR) is 161 cm³/mol. The Kier molecular flexibility index (Phi) is 14.8. The van der Waals surface area contributed by atoms with Gasteiger partial charge in [-0.05, 0) is 96.7 Å². The van der Waals surface area contributed by atoms with E-state index in [1.807, 2.05) is 49.6 Å². The van der Waals surface area contributed by atoms with Crippen LogP contribution in [0.3, 0.4) is 0 Å². The zero-order valence-corrected chi connectivity index (χ0v) is 26.0. The van der Waals surface area contributed by atoms with Gasteiger partial charge in [0.1, 0.15) is 11.6 Å². The summed E-state index contributed by atoms with van der Waals surface area (Å²) in [6.07, 6.45) is 3.55. The Hall–Kier alpha value is -2.63. The number of carbonyl (C=O) groups excluding carboxylic acids is 2. The summed E-state index contributed by atoms with van der Waals surface area (Å²) in [6, 6.07) is 16.0. The van der Waals surface area contributed by atoms with Crippen LogP contribution in [-0.2, 0) is 17.8 Å². The third-order valence-electron chi connectivity index (χ3n) is 7.11. The van der Waals surface area contributed by atoms with Crippen LogP contribution in [0.15, 0.2) is 60.7 Å². The summed E-state index contributed by atoms with van der Waals surface area (Å²) in [7, 11) is 0. The van der Waals surface area contributed by atoms with Crippen LogP contribution < -0.4 is 29.3 Å². The van der Waals surface area contributed by atoms with Gasteiger partial charge < -0.3 is 15.2 Å². The maximum Gasteiger partial charge on any atom is 1.00 e. The van der Waals surface area contributed by atoms with Gasteiger partial charge in [0.25, 0.3) is 5.91 Å². The molecule has 0 saturated heterocycles. The minimum atomic E-state index is -1.31. The largest absolute Gasteiger partial charge is 1.00 e. The summed E-state index contributed by atoms with van der Waals surface area (Å²) in [5.74, 6) is -1.84. The molecule has 0 aliphatic heterocycles. The third kappa shape index (κ3) is 10.6. The Bertz CT molecular complexity index is 1340. The van der Waals surface area contributed by atoms with Crippen molar-refractivity contribution in [2.75, 3.05) is 25.1 Å². The van der Waals surface area contributed by atoms with Gasteiger partial charge in [-0.1, -0.05) is 50.2 Å². The predicted octanol–water partition coefficient (Wildman–Crippen LogP) is 2.64. The number of nitrogens with zero attached hydrogens (tertiary/aromatic N) is 1. The second-order valence-electron chi connectivity index (χ2n) is 10.8. The number of amides is 1. The first-order valence-electron chi connectivity index (χ1n) is 13.9. The number of carboxylic acids is 1. The monoisotopic (exact) mass is 588 g/mol. The van der Waals surface area contributed by atoms with Gasteiger partial charge in [0.15, 0.2) is 0 Å². The molecule has 1 amide bonds. The van der Waals surface area contributed by atoms with Crippen molar-refractivity contribution in [2.45, 2.75) is 52.6 Å². The van der Waals surface area contributed by atoms with E-state index in [0.717, 1.165) is 35.7 Å². The van der Waals surface area contributed by atoms with E-state index in [-0.39, 0.29) is 25.3 Å². The molecule has 0 spiro atoms. The number of rotatable bonds is 15. The van der Waals surface area contributed by atoms with Crippen molar-refractivity contribution >= 4 is 23.6 Å². The van der Waals surface area contributed by atoms with Crippen LogP contribution in [0.4, 0.5) is 8.78 Å². The van der Waals surface area contributed by atoms with E-state index < -0.39 is 29.6 Å². The Morgan fingerprint density at radius 1 is 0.976 bits per heavy atom. The van der Waals surface area contributed by atoms with Gasteiger partial charge >= 0.3 is 18.9 Å². The number of carboxylic acid groups (broad SMARTS) is 1. The van der Waals surface area contributed by atoms with Crippen LogP contribution in [0.1, 0.15) is 53.7 Å². The molecule has 0 heterocycles. The number of benzene rings is 3. The van der Waals surface area contributed by atoms with Crippen molar-refractivity contribution in [1.29, 1.82) is 0 Å². The molecule has 0 radical (unpaired) electrons. The standard InChI is InChI=1S/C33H40F2N2O3S.Li/c1-22(2)13-16-37(17-14-25-10-11-26(34)20-30(25)35)21-24-9-12-28(29(19-24)27-8-6-5-7-23(27)3)32(38)36-31(33(39)40)15-18-41-4;/h5-12,19-20,22,31H,13-18,21H2,1-4H3,(H,36,38)(H,39,40);/q;+1/p-1. The Balaban J connectivity index is 0.00000616. The summed E-state index contributed by atoms with van der Waals surface area (Å²) in [5.41, 5.74) is 4.42. The SMILES string of the molecule is CSCCC(NC(=O)c1ccc(CN(CCc2ccc(F)cc2F)CCC(C)C)cc1-c1ccccc1C)C(=O)[O-].[Li+]. The first kappa shape index (κ1) is 35.6.